The number of H-pyrrole nitrogens is 1. The Balaban J connectivity index is 2.29. The summed E-state index contributed by atoms with van der Waals surface area (Å²) in [7, 11) is 1.23. The number of nitrogens with zero attached hydrogens (tertiary/aromatic N) is 1. The van der Waals surface area contributed by atoms with Gasteiger partial charge in [0.1, 0.15) is 43.5 Å². The third-order valence-electron chi connectivity index (χ3n) is 8.93. The summed E-state index contributed by atoms with van der Waals surface area (Å²) in [6.45, 7) is 10.5. The van der Waals surface area contributed by atoms with Gasteiger partial charge in [0.25, 0.3) is 5.91 Å². The van der Waals surface area contributed by atoms with Crippen LogP contribution < -0.4 is 26.6 Å². The molecule has 0 radical (unpaired) electrons. The van der Waals surface area contributed by atoms with Gasteiger partial charge in [0.15, 0.2) is 0 Å². The summed E-state index contributed by atoms with van der Waals surface area (Å²) >= 11 is 0. The molecular weight excluding hydrogens is 690 g/mol. The zero-order valence-electron chi connectivity index (χ0n) is 31.2. The molecule has 17 heteroatoms. The van der Waals surface area contributed by atoms with Crippen molar-refractivity contribution < 1.29 is 48.6 Å². The molecule has 53 heavy (non-hydrogen) atoms. The van der Waals surface area contributed by atoms with Crippen LogP contribution >= 0.6 is 0 Å². The first-order valence-corrected chi connectivity index (χ1v) is 17.6. The number of nitrogens with one attached hydrogen (secondary N) is 6. The monoisotopic (exact) mass is 743 g/mol. The van der Waals surface area contributed by atoms with Crippen molar-refractivity contribution in [3.05, 3.63) is 36.0 Å². The molecule has 1 aromatic heterocycles. The molecule has 0 bridgehead atoms. The SMILES string of the molecule is CC[C@H](C)[C@H](NC(=O)[C@H](CC(=O)O)NC(=O)[C@H](CC(C)C)NC(=O)/C=N/OC)C(=O)N[C@H](C(=O)N[C@@H](Cc1c[nH]c2ccccc12)C(=O)O)[C@@H](C)CC. The topological polar surface area (TPSA) is 257 Å². The van der Waals surface area contributed by atoms with Gasteiger partial charge in [-0.3, -0.25) is 28.8 Å². The molecule has 8 N–H and O–H groups in total. The van der Waals surface area contributed by atoms with E-state index in [1.165, 1.54) is 7.11 Å². The number of benzene rings is 1. The van der Waals surface area contributed by atoms with Crippen molar-refractivity contribution in [3.8, 4) is 0 Å². The molecule has 0 fully saturated rings. The molecule has 0 saturated carbocycles. The van der Waals surface area contributed by atoms with E-state index in [2.05, 4.69) is 41.6 Å². The number of carbonyl (C=O) groups excluding carboxylic acids is 5. The third kappa shape index (κ3) is 13.5. The first-order valence-electron chi connectivity index (χ1n) is 17.6. The van der Waals surface area contributed by atoms with Gasteiger partial charge in [-0.2, -0.15) is 0 Å². The van der Waals surface area contributed by atoms with Crippen molar-refractivity contribution in [2.45, 2.75) is 104 Å². The van der Waals surface area contributed by atoms with Crippen LogP contribution in [0.4, 0.5) is 0 Å². The lowest BCUT2D eigenvalue weighted by atomic mass is 9.94. The Morgan fingerprint density at radius 2 is 1.32 bits per heavy atom. The van der Waals surface area contributed by atoms with E-state index in [0.29, 0.717) is 18.4 Å². The molecule has 0 aliphatic rings. The number of carboxylic acids is 2. The smallest absolute Gasteiger partial charge is 0.326 e. The molecule has 0 aliphatic carbocycles. The summed E-state index contributed by atoms with van der Waals surface area (Å²) in [5, 5.41) is 36.4. The second-order valence-electron chi connectivity index (χ2n) is 13.5. The van der Waals surface area contributed by atoms with E-state index in [4.69, 9.17) is 0 Å². The average Bonchev–Trinajstić information content (AvgIpc) is 3.52. The summed E-state index contributed by atoms with van der Waals surface area (Å²) in [4.78, 5) is 98.2. The van der Waals surface area contributed by atoms with Crippen molar-refractivity contribution in [2.24, 2.45) is 22.9 Å². The molecule has 0 aliphatic heterocycles. The van der Waals surface area contributed by atoms with Crippen LogP contribution in [0.2, 0.25) is 0 Å². The largest absolute Gasteiger partial charge is 0.481 e. The van der Waals surface area contributed by atoms with Crippen LogP contribution in [0.1, 0.15) is 72.8 Å². The molecule has 7 atom stereocenters. The van der Waals surface area contributed by atoms with E-state index in [1.54, 1.807) is 47.7 Å². The molecular formula is C36H53N7O10. The van der Waals surface area contributed by atoms with Crippen LogP contribution in [0.15, 0.2) is 35.6 Å². The fourth-order valence-electron chi connectivity index (χ4n) is 5.55. The minimum atomic E-state index is -1.65. The minimum Gasteiger partial charge on any atom is -0.481 e. The number of hydrogen-bond donors (Lipinski definition) is 8. The van der Waals surface area contributed by atoms with Gasteiger partial charge in [0.05, 0.1) is 6.42 Å². The molecule has 17 nitrogen and oxygen atoms in total. The Labute approximate surface area is 308 Å². The van der Waals surface area contributed by atoms with Gasteiger partial charge in [-0.1, -0.05) is 77.7 Å². The molecule has 2 rings (SSSR count). The Morgan fingerprint density at radius 3 is 1.87 bits per heavy atom. The minimum absolute atomic E-state index is 0.0308. The highest BCUT2D eigenvalue weighted by Gasteiger charge is 2.36. The molecule has 0 saturated heterocycles. The van der Waals surface area contributed by atoms with Crippen LogP contribution in [0, 0.1) is 17.8 Å². The average molecular weight is 744 g/mol. The molecule has 1 heterocycles. The number of rotatable bonds is 22. The molecule has 0 spiro atoms. The lowest BCUT2D eigenvalue weighted by molar-refractivity contribution is -0.142. The van der Waals surface area contributed by atoms with Gasteiger partial charge in [-0.15, -0.1) is 0 Å². The number of aromatic amines is 1. The van der Waals surface area contributed by atoms with Crippen LogP contribution in [-0.4, -0.2) is 100 Å². The zero-order valence-corrected chi connectivity index (χ0v) is 31.2. The van der Waals surface area contributed by atoms with Crippen molar-refractivity contribution >= 4 is 58.6 Å². The van der Waals surface area contributed by atoms with Crippen LogP contribution in [-0.2, 0) is 44.8 Å². The Bertz CT molecular complexity index is 1620. The van der Waals surface area contributed by atoms with Crippen LogP contribution in [0.3, 0.4) is 0 Å². The van der Waals surface area contributed by atoms with Gasteiger partial charge in [-0.25, -0.2) is 4.79 Å². The number of carbonyl (C=O) groups is 7. The van der Waals surface area contributed by atoms with Crippen LogP contribution in [0.25, 0.3) is 10.9 Å². The fraction of sp³-hybridized carbons (Fsp3) is 0.556. The first kappa shape index (κ1) is 43.7. The van der Waals surface area contributed by atoms with Crippen molar-refractivity contribution in [1.82, 2.24) is 31.6 Å². The number of aromatic nitrogens is 1. The van der Waals surface area contributed by atoms with E-state index >= 15 is 0 Å². The summed E-state index contributed by atoms with van der Waals surface area (Å²) < 4.78 is 0. The van der Waals surface area contributed by atoms with E-state index in [-0.39, 0.29) is 18.8 Å². The molecule has 2 aromatic rings. The standard InChI is InChI=1S/C36H53N7O10/c1-8-20(5)30(34(49)41-27(36(51)52)15-22-17-37-24-13-11-10-12-23(22)24)43-35(50)31(21(6)9-2)42-33(48)26(16-29(45)46)40-32(47)25(14-19(3)4)39-28(44)18-38-53-7/h10-13,17-21,25-27,30-31,37H,8-9,14-16H2,1-7H3,(H,39,44)(H,40,47)(H,41,49)(H,42,48)(H,43,50)(H,45,46)(H,51,52)/b38-18+/t20-,21-,25-,26-,27-,30-,31-/m0/s1. The van der Waals surface area contributed by atoms with E-state index in [0.717, 1.165) is 17.1 Å². The number of carboxylic acid groups (broad SMARTS) is 2. The number of hydrogen-bond acceptors (Lipinski definition) is 9. The maximum absolute atomic E-state index is 13.8. The second kappa shape index (κ2) is 21.1. The summed E-state index contributed by atoms with van der Waals surface area (Å²) in [6, 6.07) is 0.720. The highest BCUT2D eigenvalue weighted by Crippen LogP contribution is 2.20. The Kier molecular flexibility index (Phi) is 17.4. The summed E-state index contributed by atoms with van der Waals surface area (Å²) in [5.41, 5.74) is 1.49. The summed E-state index contributed by atoms with van der Waals surface area (Å²) in [6.07, 6.45) is 2.57. The Morgan fingerprint density at radius 1 is 0.774 bits per heavy atom. The van der Waals surface area contributed by atoms with Gasteiger partial charge >= 0.3 is 11.9 Å². The van der Waals surface area contributed by atoms with E-state index < -0.39 is 89.9 Å². The maximum atomic E-state index is 13.8. The highest BCUT2D eigenvalue weighted by molar-refractivity contribution is 6.26. The first-order chi connectivity index (χ1) is 25.0. The molecule has 1 aromatic carbocycles. The molecule has 5 amide bonds. The lowest BCUT2D eigenvalue weighted by Gasteiger charge is -2.30. The van der Waals surface area contributed by atoms with Gasteiger partial charge in [-0.05, 0) is 35.8 Å². The molecule has 0 unspecified atom stereocenters. The fourth-order valence-corrected chi connectivity index (χ4v) is 5.55. The van der Waals surface area contributed by atoms with Crippen molar-refractivity contribution in [3.63, 3.8) is 0 Å². The molecule has 292 valence electrons. The predicted molar refractivity (Wildman–Crippen MR) is 195 cm³/mol. The van der Waals surface area contributed by atoms with Crippen molar-refractivity contribution in [2.75, 3.05) is 7.11 Å². The number of fused-ring (bicyclic) bond motifs is 1. The number of aliphatic carboxylic acids is 2. The Hall–Kier alpha value is -5.48. The van der Waals surface area contributed by atoms with Crippen LogP contribution in [0.5, 0.6) is 0 Å². The van der Waals surface area contributed by atoms with Gasteiger partial charge < -0.3 is 46.6 Å². The van der Waals surface area contributed by atoms with E-state index in [1.807, 2.05) is 24.3 Å². The lowest BCUT2D eigenvalue weighted by Crippen LogP contribution is -2.61. The zero-order chi connectivity index (χ0) is 39.8. The predicted octanol–water partition coefficient (Wildman–Crippen LogP) is 1.46. The summed E-state index contributed by atoms with van der Waals surface area (Å²) in [5.74, 6) is -7.84. The maximum Gasteiger partial charge on any atom is 0.326 e. The van der Waals surface area contributed by atoms with Gasteiger partial charge in [0.2, 0.25) is 23.6 Å². The van der Waals surface area contributed by atoms with E-state index in [9.17, 15) is 43.8 Å². The normalized spacial score (nSPS) is 15.3. The number of para-hydroxylation sites is 1. The van der Waals surface area contributed by atoms with Crippen molar-refractivity contribution in [1.29, 1.82) is 0 Å². The quantitative estimate of drug-likeness (QED) is 0.0636. The van der Waals surface area contributed by atoms with Gasteiger partial charge in [0, 0.05) is 23.5 Å². The second-order valence-corrected chi connectivity index (χ2v) is 13.5. The third-order valence-corrected chi connectivity index (χ3v) is 8.93. The highest BCUT2D eigenvalue weighted by atomic mass is 16.6. The number of amides is 5. The number of oxime groups is 1.